The molecule has 7 heteroatoms. The molecule has 1 N–H and O–H groups in total. The lowest BCUT2D eigenvalue weighted by atomic mass is 10.1. The molecule has 0 atom stereocenters. The molecule has 0 aliphatic rings. The van der Waals surface area contributed by atoms with Crippen molar-refractivity contribution < 1.29 is 8.42 Å². The number of benzene rings is 2. The Morgan fingerprint density at radius 2 is 1.80 bits per heavy atom. The lowest BCUT2D eigenvalue weighted by molar-refractivity contribution is 0.600. The maximum absolute atomic E-state index is 12.6. The SMILES string of the molecule is Cc1ccc(C)c(S(=O)(=O)Nc2ncn(Cc3ccccc3C)n2)c1. The summed E-state index contributed by atoms with van der Waals surface area (Å²) < 4.78 is 29.3. The molecule has 0 saturated heterocycles. The minimum absolute atomic E-state index is 0.0643. The molecule has 0 aliphatic heterocycles. The molecular weight excluding hydrogens is 336 g/mol. The highest BCUT2D eigenvalue weighted by Crippen LogP contribution is 2.19. The number of hydrogen-bond acceptors (Lipinski definition) is 4. The third-order valence-electron chi connectivity index (χ3n) is 3.99. The second-order valence-electron chi connectivity index (χ2n) is 6.07. The van der Waals surface area contributed by atoms with Crippen LogP contribution < -0.4 is 4.72 Å². The minimum atomic E-state index is -3.72. The van der Waals surface area contributed by atoms with E-state index in [2.05, 4.69) is 14.8 Å². The van der Waals surface area contributed by atoms with Gasteiger partial charge in [-0.25, -0.2) is 17.8 Å². The van der Waals surface area contributed by atoms with Gasteiger partial charge in [0.25, 0.3) is 16.0 Å². The molecule has 0 fully saturated rings. The minimum Gasteiger partial charge on any atom is -0.246 e. The van der Waals surface area contributed by atoms with Crippen LogP contribution in [0.3, 0.4) is 0 Å². The number of anilines is 1. The Morgan fingerprint density at radius 1 is 1.04 bits per heavy atom. The zero-order chi connectivity index (χ0) is 18.0. The van der Waals surface area contributed by atoms with Crippen molar-refractivity contribution in [3.63, 3.8) is 0 Å². The number of aryl methyl sites for hydroxylation is 3. The van der Waals surface area contributed by atoms with Crippen molar-refractivity contribution in [1.29, 1.82) is 0 Å². The molecule has 6 nitrogen and oxygen atoms in total. The number of rotatable bonds is 5. The van der Waals surface area contributed by atoms with Crippen LogP contribution in [0.1, 0.15) is 22.3 Å². The summed E-state index contributed by atoms with van der Waals surface area (Å²) in [5, 5.41) is 4.22. The number of sulfonamides is 1. The molecule has 0 aliphatic carbocycles. The summed E-state index contributed by atoms with van der Waals surface area (Å²) in [6.45, 7) is 6.17. The standard InChI is InChI=1S/C18H20N4O2S/c1-13-8-9-15(3)17(10-13)25(23,24)21-18-19-12-22(20-18)11-16-7-5-4-6-14(16)2/h4-10,12H,11H2,1-3H3,(H,20,21). The van der Waals surface area contributed by atoms with Gasteiger partial charge in [-0.1, -0.05) is 36.4 Å². The van der Waals surface area contributed by atoms with Gasteiger partial charge in [0.05, 0.1) is 11.4 Å². The predicted molar refractivity (Wildman–Crippen MR) is 97.0 cm³/mol. The highest BCUT2D eigenvalue weighted by Gasteiger charge is 2.19. The second-order valence-corrected chi connectivity index (χ2v) is 7.72. The molecule has 0 unspecified atom stereocenters. The molecule has 0 amide bonds. The van der Waals surface area contributed by atoms with Crippen molar-refractivity contribution in [2.45, 2.75) is 32.2 Å². The average molecular weight is 356 g/mol. The highest BCUT2D eigenvalue weighted by molar-refractivity contribution is 7.92. The Kier molecular flexibility index (Phi) is 4.59. The van der Waals surface area contributed by atoms with Crippen LogP contribution in [0.4, 0.5) is 5.95 Å². The molecule has 0 saturated carbocycles. The van der Waals surface area contributed by atoms with Crippen molar-refractivity contribution in [3.05, 3.63) is 71.0 Å². The molecular formula is C18H20N4O2S. The van der Waals surface area contributed by atoms with Crippen LogP contribution in [-0.2, 0) is 16.6 Å². The van der Waals surface area contributed by atoms with E-state index in [-0.39, 0.29) is 10.8 Å². The van der Waals surface area contributed by atoms with Gasteiger partial charge in [0.2, 0.25) is 0 Å². The summed E-state index contributed by atoms with van der Waals surface area (Å²) >= 11 is 0. The lowest BCUT2D eigenvalue weighted by Gasteiger charge is -2.08. The van der Waals surface area contributed by atoms with E-state index in [0.717, 1.165) is 16.7 Å². The first-order chi connectivity index (χ1) is 11.8. The number of aromatic nitrogens is 3. The van der Waals surface area contributed by atoms with Gasteiger partial charge in [-0.15, -0.1) is 5.10 Å². The predicted octanol–water partition coefficient (Wildman–Crippen LogP) is 3.05. The zero-order valence-corrected chi connectivity index (χ0v) is 15.2. The van der Waals surface area contributed by atoms with Crippen LogP contribution in [0.25, 0.3) is 0 Å². The second kappa shape index (κ2) is 6.68. The van der Waals surface area contributed by atoms with Crippen molar-refractivity contribution in [1.82, 2.24) is 14.8 Å². The fourth-order valence-electron chi connectivity index (χ4n) is 2.55. The third-order valence-corrected chi connectivity index (χ3v) is 5.46. The maximum Gasteiger partial charge on any atom is 0.264 e. The van der Waals surface area contributed by atoms with Gasteiger partial charge in [-0.3, -0.25) is 0 Å². The summed E-state index contributed by atoms with van der Waals surface area (Å²) in [5.41, 5.74) is 3.81. The molecule has 0 bridgehead atoms. The van der Waals surface area contributed by atoms with Crippen molar-refractivity contribution in [2.24, 2.45) is 0 Å². The molecule has 0 radical (unpaired) electrons. The van der Waals surface area contributed by atoms with Crippen LogP contribution in [0.15, 0.2) is 53.7 Å². The summed E-state index contributed by atoms with van der Waals surface area (Å²) in [7, 11) is -3.72. The van der Waals surface area contributed by atoms with E-state index in [0.29, 0.717) is 12.1 Å². The Hall–Kier alpha value is -2.67. The Bertz CT molecular complexity index is 1010. The van der Waals surface area contributed by atoms with E-state index in [9.17, 15) is 8.42 Å². The van der Waals surface area contributed by atoms with E-state index in [1.165, 1.54) is 6.33 Å². The molecule has 3 rings (SSSR count). The first-order valence-electron chi connectivity index (χ1n) is 7.89. The number of nitrogens with one attached hydrogen (secondary N) is 1. The van der Waals surface area contributed by atoms with Gasteiger partial charge in [0.15, 0.2) is 0 Å². The van der Waals surface area contributed by atoms with Crippen molar-refractivity contribution in [3.8, 4) is 0 Å². The summed E-state index contributed by atoms with van der Waals surface area (Å²) in [6, 6.07) is 13.3. The molecule has 130 valence electrons. The molecule has 1 heterocycles. The first kappa shape index (κ1) is 17.2. The van der Waals surface area contributed by atoms with Crippen molar-refractivity contribution in [2.75, 3.05) is 4.72 Å². The topological polar surface area (TPSA) is 76.9 Å². The number of hydrogen-bond donors (Lipinski definition) is 1. The maximum atomic E-state index is 12.6. The third kappa shape index (κ3) is 3.88. The van der Waals surface area contributed by atoms with Gasteiger partial charge in [-0.05, 0) is 49.1 Å². The van der Waals surface area contributed by atoms with E-state index in [1.54, 1.807) is 23.7 Å². The van der Waals surface area contributed by atoms with E-state index < -0.39 is 10.0 Å². The molecule has 0 spiro atoms. The summed E-state index contributed by atoms with van der Waals surface area (Å²) in [5.74, 6) is 0.0643. The van der Waals surface area contributed by atoms with Gasteiger partial charge in [-0.2, -0.15) is 4.98 Å². The highest BCUT2D eigenvalue weighted by atomic mass is 32.2. The molecule has 2 aromatic carbocycles. The molecule has 25 heavy (non-hydrogen) atoms. The van der Waals surface area contributed by atoms with Gasteiger partial charge in [0, 0.05) is 0 Å². The normalized spacial score (nSPS) is 11.5. The molecule has 1 aromatic heterocycles. The zero-order valence-electron chi connectivity index (χ0n) is 14.4. The largest absolute Gasteiger partial charge is 0.264 e. The van der Waals surface area contributed by atoms with Gasteiger partial charge in [0.1, 0.15) is 6.33 Å². The smallest absolute Gasteiger partial charge is 0.246 e. The van der Waals surface area contributed by atoms with E-state index in [1.807, 2.05) is 44.2 Å². The van der Waals surface area contributed by atoms with Crippen molar-refractivity contribution >= 4 is 16.0 Å². The summed E-state index contributed by atoms with van der Waals surface area (Å²) in [6.07, 6.45) is 1.52. The monoisotopic (exact) mass is 356 g/mol. The lowest BCUT2D eigenvalue weighted by Crippen LogP contribution is -2.16. The Balaban J connectivity index is 1.81. The number of nitrogens with zero attached hydrogens (tertiary/aromatic N) is 3. The summed E-state index contributed by atoms with van der Waals surface area (Å²) in [4.78, 5) is 4.31. The fourth-order valence-corrected chi connectivity index (χ4v) is 3.83. The van der Waals surface area contributed by atoms with Crippen LogP contribution in [0.5, 0.6) is 0 Å². The van der Waals surface area contributed by atoms with Gasteiger partial charge >= 0.3 is 0 Å². The van der Waals surface area contributed by atoms with Crippen LogP contribution in [-0.4, -0.2) is 23.2 Å². The van der Waals surface area contributed by atoms with Crippen LogP contribution in [0.2, 0.25) is 0 Å². The van der Waals surface area contributed by atoms with E-state index in [4.69, 9.17) is 0 Å². The molecule has 3 aromatic rings. The Labute approximate surface area is 147 Å². The van der Waals surface area contributed by atoms with Gasteiger partial charge < -0.3 is 0 Å². The first-order valence-corrected chi connectivity index (χ1v) is 9.37. The van der Waals surface area contributed by atoms with E-state index >= 15 is 0 Å². The Morgan fingerprint density at radius 3 is 2.56 bits per heavy atom. The van der Waals surface area contributed by atoms with Crippen LogP contribution >= 0.6 is 0 Å². The van der Waals surface area contributed by atoms with Crippen LogP contribution in [0, 0.1) is 20.8 Å². The quantitative estimate of drug-likeness (QED) is 0.762. The average Bonchev–Trinajstić information content (AvgIpc) is 2.98. The fraction of sp³-hybridized carbons (Fsp3) is 0.222.